The molecule has 4 rings (SSSR count). The molecule has 2 aliphatic heterocycles. The predicted molar refractivity (Wildman–Crippen MR) is 103 cm³/mol. The molecule has 2 aromatic heterocycles. The van der Waals surface area contributed by atoms with Gasteiger partial charge in [-0.15, -0.1) is 0 Å². The van der Waals surface area contributed by atoms with Crippen molar-refractivity contribution in [1.29, 1.82) is 0 Å². The van der Waals surface area contributed by atoms with Gasteiger partial charge >= 0.3 is 0 Å². The lowest BCUT2D eigenvalue weighted by Gasteiger charge is -2.28. The third kappa shape index (κ3) is 4.64. The molecular formula is C19H26N6O2. The molecule has 144 valence electrons. The second-order valence-corrected chi connectivity index (χ2v) is 6.91. The summed E-state index contributed by atoms with van der Waals surface area (Å²) < 4.78 is 10.5. The van der Waals surface area contributed by atoms with E-state index in [1.54, 1.807) is 7.11 Å². The van der Waals surface area contributed by atoms with Gasteiger partial charge in [-0.05, 0) is 18.1 Å². The predicted octanol–water partition coefficient (Wildman–Crippen LogP) is 1.40. The summed E-state index contributed by atoms with van der Waals surface area (Å²) in [6.45, 7) is 6.18. The van der Waals surface area contributed by atoms with E-state index in [1.807, 2.05) is 24.5 Å². The first-order valence-electron chi connectivity index (χ1n) is 9.44. The van der Waals surface area contributed by atoms with Crippen LogP contribution in [0.1, 0.15) is 12.0 Å². The number of hydrogen-bond acceptors (Lipinski definition) is 8. The molecule has 1 atom stereocenters. The minimum absolute atomic E-state index is 0.358. The maximum Gasteiger partial charge on any atom is 0.224 e. The van der Waals surface area contributed by atoms with Crippen LogP contribution in [-0.4, -0.2) is 72.4 Å². The van der Waals surface area contributed by atoms with E-state index in [0.717, 1.165) is 58.2 Å². The number of nitrogens with zero attached hydrogens (tertiary/aromatic N) is 5. The molecule has 1 unspecified atom stereocenters. The molecule has 2 saturated heterocycles. The van der Waals surface area contributed by atoms with Crippen LogP contribution in [0.5, 0.6) is 5.88 Å². The summed E-state index contributed by atoms with van der Waals surface area (Å²) in [7, 11) is 1.63. The molecule has 2 aromatic rings. The summed E-state index contributed by atoms with van der Waals surface area (Å²) in [5, 5.41) is 3.50. The Bertz CT molecular complexity index is 735. The van der Waals surface area contributed by atoms with Crippen LogP contribution in [0.25, 0.3) is 0 Å². The lowest BCUT2D eigenvalue weighted by Crippen LogP contribution is -2.37. The van der Waals surface area contributed by atoms with Crippen LogP contribution in [0.2, 0.25) is 0 Å². The molecule has 0 radical (unpaired) electrons. The van der Waals surface area contributed by atoms with E-state index in [-0.39, 0.29) is 0 Å². The van der Waals surface area contributed by atoms with Crippen LogP contribution < -0.4 is 15.0 Å². The van der Waals surface area contributed by atoms with Gasteiger partial charge in [0, 0.05) is 57.2 Å². The number of aromatic nitrogens is 3. The Hall–Kier alpha value is -2.45. The number of hydrogen-bond donors (Lipinski definition) is 1. The molecule has 0 aliphatic carbocycles. The normalized spacial score (nSPS) is 20.6. The highest BCUT2D eigenvalue weighted by Gasteiger charge is 2.23. The first-order chi connectivity index (χ1) is 13.3. The SMILES string of the molecule is COc1ccc(CN2CCC(Nc3nccc(N4CCOCC4)n3)C2)cn1. The fourth-order valence-electron chi connectivity index (χ4n) is 3.55. The number of morpholine rings is 1. The minimum Gasteiger partial charge on any atom is -0.481 e. The van der Waals surface area contributed by atoms with Gasteiger partial charge in [-0.3, -0.25) is 4.90 Å². The van der Waals surface area contributed by atoms with Crippen molar-refractivity contribution in [3.63, 3.8) is 0 Å². The zero-order chi connectivity index (χ0) is 18.5. The molecule has 0 aromatic carbocycles. The van der Waals surface area contributed by atoms with Crippen LogP contribution in [0, 0.1) is 0 Å². The van der Waals surface area contributed by atoms with Crippen LogP contribution in [-0.2, 0) is 11.3 Å². The van der Waals surface area contributed by atoms with Crippen molar-refractivity contribution in [1.82, 2.24) is 19.9 Å². The highest BCUT2D eigenvalue weighted by molar-refractivity contribution is 5.43. The molecule has 2 fully saturated rings. The molecule has 2 aliphatic rings. The van der Waals surface area contributed by atoms with Crippen molar-refractivity contribution >= 4 is 11.8 Å². The maximum atomic E-state index is 5.41. The van der Waals surface area contributed by atoms with E-state index in [2.05, 4.69) is 31.2 Å². The summed E-state index contributed by atoms with van der Waals surface area (Å²) in [6.07, 6.45) is 4.79. The molecule has 0 amide bonds. The molecule has 0 spiro atoms. The Morgan fingerprint density at radius 3 is 2.85 bits per heavy atom. The molecular weight excluding hydrogens is 344 g/mol. The largest absolute Gasteiger partial charge is 0.481 e. The number of pyridine rings is 1. The molecule has 8 nitrogen and oxygen atoms in total. The van der Waals surface area contributed by atoms with Gasteiger partial charge in [0.2, 0.25) is 11.8 Å². The van der Waals surface area contributed by atoms with Gasteiger partial charge in [-0.1, -0.05) is 6.07 Å². The second-order valence-electron chi connectivity index (χ2n) is 6.91. The first-order valence-corrected chi connectivity index (χ1v) is 9.44. The smallest absolute Gasteiger partial charge is 0.224 e. The highest BCUT2D eigenvalue weighted by Crippen LogP contribution is 2.19. The Morgan fingerprint density at radius 1 is 1.19 bits per heavy atom. The number of likely N-dealkylation sites (tertiary alicyclic amines) is 1. The van der Waals surface area contributed by atoms with Gasteiger partial charge in [0.15, 0.2) is 0 Å². The van der Waals surface area contributed by atoms with Gasteiger partial charge in [0.05, 0.1) is 20.3 Å². The Balaban J connectivity index is 1.31. The van der Waals surface area contributed by atoms with E-state index in [9.17, 15) is 0 Å². The average Bonchev–Trinajstić information content (AvgIpc) is 3.16. The van der Waals surface area contributed by atoms with Crippen LogP contribution in [0.4, 0.5) is 11.8 Å². The van der Waals surface area contributed by atoms with Crippen molar-refractivity contribution in [2.24, 2.45) is 0 Å². The zero-order valence-electron chi connectivity index (χ0n) is 15.7. The van der Waals surface area contributed by atoms with Gasteiger partial charge < -0.3 is 19.7 Å². The standard InChI is InChI=1S/C19H26N6O2/c1-26-18-3-2-15(12-21-18)13-24-7-5-16(14-24)22-19-20-6-4-17(23-19)25-8-10-27-11-9-25/h2-4,6,12,16H,5,7-11,13-14H2,1H3,(H,20,22,23). The zero-order valence-corrected chi connectivity index (χ0v) is 15.7. The molecule has 1 N–H and O–H groups in total. The van der Waals surface area contributed by atoms with Gasteiger partial charge in [-0.25, -0.2) is 9.97 Å². The Morgan fingerprint density at radius 2 is 2.07 bits per heavy atom. The fourth-order valence-corrected chi connectivity index (χ4v) is 3.55. The third-order valence-corrected chi connectivity index (χ3v) is 4.99. The lowest BCUT2D eigenvalue weighted by molar-refractivity contribution is 0.122. The number of anilines is 2. The van der Waals surface area contributed by atoms with Crippen molar-refractivity contribution < 1.29 is 9.47 Å². The molecule has 27 heavy (non-hydrogen) atoms. The highest BCUT2D eigenvalue weighted by atomic mass is 16.5. The minimum atomic E-state index is 0.358. The molecule has 0 bridgehead atoms. The van der Waals surface area contributed by atoms with E-state index in [1.165, 1.54) is 5.56 Å². The van der Waals surface area contributed by atoms with Crippen LogP contribution in [0.15, 0.2) is 30.6 Å². The Kier molecular flexibility index (Phi) is 5.64. The monoisotopic (exact) mass is 370 g/mol. The summed E-state index contributed by atoms with van der Waals surface area (Å²) in [4.78, 5) is 18.0. The fraction of sp³-hybridized carbons (Fsp3) is 0.526. The second kappa shape index (κ2) is 8.49. The number of methoxy groups -OCH3 is 1. The number of rotatable bonds is 6. The van der Waals surface area contributed by atoms with Crippen LogP contribution >= 0.6 is 0 Å². The topological polar surface area (TPSA) is 75.6 Å². The summed E-state index contributed by atoms with van der Waals surface area (Å²) in [5.74, 6) is 2.32. The van der Waals surface area contributed by atoms with Crippen LogP contribution in [0.3, 0.4) is 0 Å². The van der Waals surface area contributed by atoms with E-state index < -0.39 is 0 Å². The van der Waals surface area contributed by atoms with E-state index >= 15 is 0 Å². The quantitative estimate of drug-likeness (QED) is 0.818. The van der Waals surface area contributed by atoms with Gasteiger partial charge in [0.1, 0.15) is 5.82 Å². The van der Waals surface area contributed by atoms with Gasteiger partial charge in [-0.2, -0.15) is 4.98 Å². The molecule has 4 heterocycles. The maximum absolute atomic E-state index is 5.41. The van der Waals surface area contributed by atoms with Crippen molar-refractivity contribution in [3.05, 3.63) is 36.2 Å². The van der Waals surface area contributed by atoms with Crippen molar-refractivity contribution in [2.45, 2.75) is 19.0 Å². The van der Waals surface area contributed by atoms with Crippen molar-refractivity contribution in [3.8, 4) is 5.88 Å². The average molecular weight is 370 g/mol. The summed E-state index contributed by atoms with van der Waals surface area (Å²) >= 11 is 0. The number of ether oxygens (including phenoxy) is 2. The number of nitrogens with one attached hydrogen (secondary N) is 1. The summed E-state index contributed by atoms with van der Waals surface area (Å²) in [5.41, 5.74) is 1.20. The first kappa shape index (κ1) is 17.9. The lowest BCUT2D eigenvalue weighted by atomic mass is 10.2. The van der Waals surface area contributed by atoms with Gasteiger partial charge in [0.25, 0.3) is 0 Å². The molecule has 0 saturated carbocycles. The third-order valence-electron chi connectivity index (χ3n) is 4.99. The van der Waals surface area contributed by atoms with Crippen molar-refractivity contribution in [2.75, 3.05) is 56.7 Å². The molecule has 8 heteroatoms. The van der Waals surface area contributed by atoms with E-state index in [4.69, 9.17) is 14.5 Å². The Labute approximate surface area is 159 Å². The van der Waals surface area contributed by atoms with E-state index in [0.29, 0.717) is 17.9 Å². The summed E-state index contributed by atoms with van der Waals surface area (Å²) in [6, 6.07) is 6.30.